The van der Waals surface area contributed by atoms with Crippen molar-refractivity contribution in [1.29, 1.82) is 0 Å². The molecule has 0 spiro atoms. The molecule has 9 heteroatoms. The number of rotatable bonds is 56. The van der Waals surface area contributed by atoms with Gasteiger partial charge in [0.05, 0.1) is 34.4 Å². The fourth-order valence-electron chi connectivity index (χ4n) is 8.48. The van der Waals surface area contributed by atoms with Crippen LogP contribution in [0.15, 0.2) is 60.8 Å². The summed E-state index contributed by atoms with van der Waals surface area (Å²) in [7, 11) is 1.36. The fourth-order valence-corrected chi connectivity index (χ4v) is 9.21. The van der Waals surface area contributed by atoms with Gasteiger partial charge in [0.25, 0.3) is 7.82 Å². The smallest absolute Gasteiger partial charge is 0.306 e. The average Bonchev–Trinajstić information content (AvgIpc) is 3.33. The number of phosphoric acid groups is 1. The van der Waals surface area contributed by atoms with Crippen molar-refractivity contribution in [2.75, 3.05) is 54.1 Å². The molecule has 0 amide bonds. The van der Waals surface area contributed by atoms with Crippen molar-refractivity contribution >= 4 is 13.8 Å². The van der Waals surface area contributed by atoms with Crippen LogP contribution in [0.4, 0.5) is 0 Å². The highest BCUT2D eigenvalue weighted by Gasteiger charge is 2.20. The Balaban J connectivity index is 4.04. The van der Waals surface area contributed by atoms with Crippen LogP contribution in [0.1, 0.15) is 271 Å². The summed E-state index contributed by atoms with van der Waals surface area (Å²) in [6, 6.07) is 0. The van der Waals surface area contributed by atoms with Crippen LogP contribution in [0.2, 0.25) is 0 Å². The average molecular weight is 1020 g/mol. The molecule has 0 aliphatic heterocycles. The van der Waals surface area contributed by atoms with Crippen molar-refractivity contribution in [3.8, 4) is 0 Å². The lowest BCUT2D eigenvalue weighted by molar-refractivity contribution is -0.870. The standard InChI is InChI=1S/C62H116NO7P/c1-6-8-10-12-14-16-18-20-22-24-26-28-30-32-33-35-37-39-41-43-45-47-49-51-53-55-62(64)70-61(60-69-71(65,66)68-58-56-63(3,4)5)59-67-57-54-52-50-48-46-44-42-40-38-36-34-31-29-27-25-23-21-19-17-15-13-11-9-7-2/h8,10,14,16,20,22,25-28,61H,6-7,9,11-13,15,17-19,21,23-24,29-60H2,1-5H3/b10-8-,16-14-,22-20-,27-25-,28-26-. The Kier molecular flexibility index (Phi) is 53.1. The highest BCUT2D eigenvalue weighted by atomic mass is 31.2. The van der Waals surface area contributed by atoms with Gasteiger partial charge in [-0.2, -0.15) is 0 Å². The molecular formula is C62H116NO7P. The summed E-state index contributed by atoms with van der Waals surface area (Å²) in [6.45, 7) is 5.34. The third-order valence-electron chi connectivity index (χ3n) is 13.1. The molecule has 0 aromatic carbocycles. The van der Waals surface area contributed by atoms with Gasteiger partial charge < -0.3 is 27.9 Å². The van der Waals surface area contributed by atoms with E-state index in [4.69, 9.17) is 18.5 Å². The zero-order chi connectivity index (χ0) is 51.9. The first-order valence-corrected chi connectivity index (χ1v) is 31.5. The predicted octanol–water partition coefficient (Wildman–Crippen LogP) is 18.5. The fraction of sp³-hybridized carbons (Fsp3) is 0.823. The van der Waals surface area contributed by atoms with Gasteiger partial charge in [0, 0.05) is 13.0 Å². The van der Waals surface area contributed by atoms with E-state index in [1.54, 1.807) is 0 Å². The Morgan fingerprint density at radius 2 is 0.817 bits per heavy atom. The number of likely N-dealkylation sites (N-methyl/N-ethyl adjacent to an activating group) is 1. The molecule has 0 fully saturated rings. The second kappa shape index (κ2) is 54.5. The predicted molar refractivity (Wildman–Crippen MR) is 305 cm³/mol. The second-order valence-electron chi connectivity index (χ2n) is 21.3. The zero-order valence-corrected chi connectivity index (χ0v) is 48.3. The molecule has 8 nitrogen and oxygen atoms in total. The van der Waals surface area contributed by atoms with Gasteiger partial charge in [-0.3, -0.25) is 9.36 Å². The summed E-state index contributed by atoms with van der Waals surface area (Å²) in [5.41, 5.74) is 0. The lowest BCUT2D eigenvalue weighted by atomic mass is 10.0. The molecule has 0 heterocycles. The molecule has 0 radical (unpaired) electrons. The van der Waals surface area contributed by atoms with Crippen molar-refractivity contribution in [1.82, 2.24) is 0 Å². The number of ether oxygens (including phenoxy) is 2. The minimum atomic E-state index is -4.54. The zero-order valence-electron chi connectivity index (χ0n) is 47.4. The normalized spacial score (nSPS) is 13.8. The van der Waals surface area contributed by atoms with Crippen LogP contribution in [0, 0.1) is 0 Å². The molecular weight excluding hydrogens is 902 g/mol. The highest BCUT2D eigenvalue weighted by Crippen LogP contribution is 2.38. The molecule has 2 unspecified atom stereocenters. The summed E-state index contributed by atoms with van der Waals surface area (Å²) >= 11 is 0. The number of hydrogen-bond donors (Lipinski definition) is 0. The Hall–Kier alpha value is -1.80. The first-order chi connectivity index (χ1) is 34.6. The maximum Gasteiger partial charge on any atom is 0.306 e. The van der Waals surface area contributed by atoms with Gasteiger partial charge in [-0.1, -0.05) is 248 Å². The summed E-state index contributed by atoms with van der Waals surface area (Å²) in [5, 5.41) is 0. The number of nitrogens with zero attached hydrogens (tertiary/aromatic N) is 1. The summed E-state index contributed by atoms with van der Waals surface area (Å²) in [6.07, 6.45) is 71.2. The monoisotopic (exact) mass is 1020 g/mol. The summed E-state index contributed by atoms with van der Waals surface area (Å²) < 4.78 is 34.9. The maximum absolute atomic E-state index is 12.8. The molecule has 0 aliphatic rings. The number of allylic oxidation sites excluding steroid dienone is 10. The van der Waals surface area contributed by atoms with Crippen LogP contribution < -0.4 is 4.89 Å². The lowest BCUT2D eigenvalue weighted by Crippen LogP contribution is -2.37. The van der Waals surface area contributed by atoms with E-state index in [1.807, 2.05) is 21.1 Å². The van der Waals surface area contributed by atoms with Crippen molar-refractivity contribution in [2.45, 2.75) is 277 Å². The topological polar surface area (TPSA) is 94.1 Å². The van der Waals surface area contributed by atoms with E-state index < -0.39 is 13.9 Å². The van der Waals surface area contributed by atoms with Gasteiger partial charge in [0.1, 0.15) is 19.3 Å². The summed E-state index contributed by atoms with van der Waals surface area (Å²) in [5.74, 6) is -0.334. The van der Waals surface area contributed by atoms with Crippen LogP contribution in [0.3, 0.4) is 0 Å². The second-order valence-corrected chi connectivity index (χ2v) is 22.7. The van der Waals surface area contributed by atoms with Crippen LogP contribution in [0.25, 0.3) is 0 Å². The van der Waals surface area contributed by atoms with Gasteiger partial charge in [-0.25, -0.2) is 0 Å². The van der Waals surface area contributed by atoms with Gasteiger partial charge in [-0.15, -0.1) is 0 Å². The number of unbranched alkanes of at least 4 members (excludes halogenated alkanes) is 32. The highest BCUT2D eigenvalue weighted by molar-refractivity contribution is 7.45. The number of carbonyl (C=O) groups excluding carboxylic acids is 1. The van der Waals surface area contributed by atoms with E-state index in [0.29, 0.717) is 24.1 Å². The molecule has 0 N–H and O–H groups in total. The molecule has 71 heavy (non-hydrogen) atoms. The first kappa shape index (κ1) is 69.2. The first-order valence-electron chi connectivity index (χ1n) is 30.0. The molecule has 0 aromatic rings. The quantitative estimate of drug-likeness (QED) is 0.0197. The van der Waals surface area contributed by atoms with Crippen LogP contribution >= 0.6 is 7.82 Å². The third kappa shape index (κ3) is 59.0. The molecule has 0 aliphatic carbocycles. The van der Waals surface area contributed by atoms with E-state index in [1.165, 1.54) is 193 Å². The van der Waals surface area contributed by atoms with Gasteiger partial charge >= 0.3 is 5.97 Å². The Morgan fingerprint density at radius 1 is 0.451 bits per heavy atom. The largest absolute Gasteiger partial charge is 0.756 e. The Labute approximate surface area is 440 Å². The van der Waals surface area contributed by atoms with Crippen molar-refractivity contribution in [3.05, 3.63) is 60.8 Å². The SMILES string of the molecule is CC/C=C\C/C=C\C/C=C\C/C=C\CCCCCCCCCCCCCCC(=O)OC(COCCCCCCCCCCCCCC/C=C\CCCCCCCCCC)COP(=O)([O-])OCC[N+](C)(C)C. The lowest BCUT2D eigenvalue weighted by Gasteiger charge is -2.28. The maximum atomic E-state index is 12.8. The number of esters is 1. The molecule has 2 atom stereocenters. The van der Waals surface area contributed by atoms with Crippen LogP contribution in [-0.2, 0) is 27.9 Å². The molecule has 0 rings (SSSR count). The number of phosphoric ester groups is 1. The third-order valence-corrected chi connectivity index (χ3v) is 14.0. The van der Waals surface area contributed by atoms with Crippen molar-refractivity contribution < 1.29 is 37.3 Å². The molecule has 0 bridgehead atoms. The molecule has 0 aromatic heterocycles. The molecule has 0 saturated carbocycles. The van der Waals surface area contributed by atoms with Crippen LogP contribution in [0.5, 0.6) is 0 Å². The van der Waals surface area contributed by atoms with E-state index >= 15 is 0 Å². The molecule has 0 saturated heterocycles. The van der Waals surface area contributed by atoms with E-state index in [9.17, 15) is 14.3 Å². The molecule has 416 valence electrons. The van der Waals surface area contributed by atoms with Crippen molar-refractivity contribution in [2.24, 2.45) is 0 Å². The number of hydrogen-bond acceptors (Lipinski definition) is 7. The van der Waals surface area contributed by atoms with Gasteiger partial charge in [0.2, 0.25) is 0 Å². The van der Waals surface area contributed by atoms with Gasteiger partial charge in [-0.05, 0) is 77.0 Å². The minimum absolute atomic E-state index is 0.0250. The summed E-state index contributed by atoms with van der Waals surface area (Å²) in [4.78, 5) is 25.3. The van der Waals surface area contributed by atoms with E-state index in [2.05, 4.69) is 74.6 Å². The minimum Gasteiger partial charge on any atom is -0.756 e. The number of carbonyl (C=O) groups is 1. The number of quaternary nitrogens is 1. The van der Waals surface area contributed by atoms with E-state index in [0.717, 1.165) is 57.8 Å². The Bertz CT molecular complexity index is 1320. The van der Waals surface area contributed by atoms with E-state index in [-0.39, 0.29) is 25.8 Å². The van der Waals surface area contributed by atoms with Crippen molar-refractivity contribution in [3.63, 3.8) is 0 Å². The van der Waals surface area contributed by atoms with Crippen LogP contribution in [-0.4, -0.2) is 70.7 Å². The Morgan fingerprint density at radius 3 is 1.24 bits per heavy atom. The van der Waals surface area contributed by atoms with Gasteiger partial charge in [0.15, 0.2) is 0 Å².